The number of hydrogen-bond donors (Lipinski definition) is 2. The maximum Gasteiger partial charge on any atom is 0.410 e. The van der Waals surface area contributed by atoms with Crippen LogP contribution < -0.4 is 5.32 Å². The average Bonchev–Trinajstić information content (AvgIpc) is 2.89. The summed E-state index contributed by atoms with van der Waals surface area (Å²) in [5, 5.41) is 16.1. The molecule has 0 spiro atoms. The van der Waals surface area contributed by atoms with Crippen molar-refractivity contribution in [2.24, 2.45) is 0 Å². The van der Waals surface area contributed by atoms with Crippen LogP contribution >= 0.6 is 0 Å². The molecule has 0 radical (unpaired) electrons. The lowest BCUT2D eigenvalue weighted by atomic mass is 9.91. The van der Waals surface area contributed by atoms with E-state index in [1.165, 1.54) is 4.90 Å². The maximum atomic E-state index is 12.3. The molecule has 0 atom stereocenters. The normalized spacial score (nSPS) is 16.5. The molecule has 134 valence electrons. The third-order valence-electron chi connectivity index (χ3n) is 3.61. The van der Waals surface area contributed by atoms with E-state index in [1.54, 1.807) is 26.8 Å². The predicted octanol–water partition coefficient (Wildman–Crippen LogP) is 1.34. The monoisotopic (exact) mass is 339 g/mol. The third kappa shape index (κ3) is 4.25. The van der Waals surface area contributed by atoms with Gasteiger partial charge in [0.2, 0.25) is 0 Å². The molecule has 1 aliphatic rings. The zero-order valence-electron chi connectivity index (χ0n) is 14.6. The Balaban J connectivity index is 1.93. The number of aryl methyl sites for hydroxylation is 1. The van der Waals surface area contributed by atoms with Crippen molar-refractivity contribution in [3.8, 4) is 0 Å². The molecule has 1 fully saturated rings. The van der Waals surface area contributed by atoms with Crippen LogP contribution in [0.2, 0.25) is 0 Å². The Morgan fingerprint density at radius 3 is 2.67 bits per heavy atom. The van der Waals surface area contributed by atoms with Crippen molar-refractivity contribution in [3.63, 3.8) is 0 Å². The molecule has 8 heteroatoms. The number of likely N-dealkylation sites (tertiary alicyclic amines) is 1. The Morgan fingerprint density at radius 2 is 2.12 bits per heavy atom. The van der Waals surface area contributed by atoms with Crippen LogP contribution in [0.1, 0.15) is 50.4 Å². The number of carbonyl (C=O) groups is 2. The molecular weight excluding hydrogens is 314 g/mol. The SMILES string of the molecule is CCCc1cc(C(=O)NC2(CO)CN(C(=O)OC(C)(C)C)C2)no1. The topological polar surface area (TPSA) is 105 Å². The van der Waals surface area contributed by atoms with Crippen LogP contribution in [-0.2, 0) is 11.2 Å². The number of amides is 2. The molecule has 2 heterocycles. The van der Waals surface area contributed by atoms with Crippen LogP contribution in [-0.4, -0.2) is 58.0 Å². The first-order valence-electron chi connectivity index (χ1n) is 8.05. The van der Waals surface area contributed by atoms with Crippen molar-refractivity contribution in [2.75, 3.05) is 19.7 Å². The fourth-order valence-corrected chi connectivity index (χ4v) is 2.45. The summed E-state index contributed by atoms with van der Waals surface area (Å²) in [6.45, 7) is 7.44. The van der Waals surface area contributed by atoms with E-state index in [2.05, 4.69) is 10.5 Å². The number of rotatable bonds is 5. The van der Waals surface area contributed by atoms with Gasteiger partial charge in [0.15, 0.2) is 5.69 Å². The van der Waals surface area contributed by atoms with Crippen LogP contribution in [0.4, 0.5) is 4.79 Å². The molecule has 0 aromatic carbocycles. The zero-order chi connectivity index (χ0) is 18.0. The number of aliphatic hydroxyl groups excluding tert-OH is 1. The van der Waals surface area contributed by atoms with E-state index in [0.717, 1.165) is 6.42 Å². The number of aromatic nitrogens is 1. The second kappa shape index (κ2) is 6.80. The van der Waals surface area contributed by atoms with Gasteiger partial charge in [0.1, 0.15) is 11.4 Å². The second-order valence-electron chi connectivity index (χ2n) is 7.16. The number of nitrogens with zero attached hydrogens (tertiary/aromatic N) is 2. The Labute approximate surface area is 141 Å². The van der Waals surface area contributed by atoms with Gasteiger partial charge >= 0.3 is 6.09 Å². The first-order valence-corrected chi connectivity index (χ1v) is 8.05. The van der Waals surface area contributed by atoms with E-state index in [4.69, 9.17) is 9.26 Å². The average molecular weight is 339 g/mol. The molecule has 1 aromatic rings. The van der Waals surface area contributed by atoms with Gasteiger partial charge in [0, 0.05) is 12.5 Å². The lowest BCUT2D eigenvalue weighted by Crippen LogP contribution is -2.73. The first-order chi connectivity index (χ1) is 11.2. The second-order valence-corrected chi connectivity index (χ2v) is 7.16. The van der Waals surface area contributed by atoms with E-state index >= 15 is 0 Å². The summed E-state index contributed by atoms with van der Waals surface area (Å²) in [6, 6.07) is 1.59. The first kappa shape index (κ1) is 18.3. The Bertz CT molecular complexity index is 599. The minimum absolute atomic E-state index is 0.169. The van der Waals surface area contributed by atoms with Gasteiger partial charge in [-0.25, -0.2) is 4.79 Å². The molecule has 1 saturated heterocycles. The standard InChI is InChI=1S/C16H25N3O5/c1-5-6-11-7-12(18-24-11)13(21)17-16(10-20)8-19(9-16)14(22)23-15(2,3)4/h7,20H,5-6,8-10H2,1-4H3,(H,17,21). The maximum absolute atomic E-state index is 12.3. The molecule has 0 unspecified atom stereocenters. The van der Waals surface area contributed by atoms with Crippen LogP contribution in [0.25, 0.3) is 0 Å². The quantitative estimate of drug-likeness (QED) is 0.839. The fourth-order valence-electron chi connectivity index (χ4n) is 2.45. The lowest BCUT2D eigenvalue weighted by molar-refractivity contribution is -0.0295. The van der Waals surface area contributed by atoms with Crippen molar-refractivity contribution in [2.45, 2.75) is 51.7 Å². The summed E-state index contributed by atoms with van der Waals surface area (Å²) in [5.41, 5.74) is -1.30. The van der Waals surface area contributed by atoms with Crippen LogP contribution in [0, 0.1) is 0 Å². The van der Waals surface area contributed by atoms with Crippen molar-refractivity contribution >= 4 is 12.0 Å². The Hall–Kier alpha value is -2.09. The largest absolute Gasteiger partial charge is 0.444 e. The van der Waals surface area contributed by atoms with Gasteiger partial charge in [-0.1, -0.05) is 12.1 Å². The highest BCUT2D eigenvalue weighted by Crippen LogP contribution is 2.24. The number of ether oxygens (including phenoxy) is 1. The molecular formula is C16H25N3O5. The van der Waals surface area contributed by atoms with Gasteiger partial charge in [-0.3, -0.25) is 4.79 Å². The van der Waals surface area contributed by atoms with Gasteiger partial charge in [-0.15, -0.1) is 0 Å². The van der Waals surface area contributed by atoms with Gasteiger partial charge in [-0.2, -0.15) is 0 Å². The van der Waals surface area contributed by atoms with E-state index in [-0.39, 0.29) is 25.4 Å². The van der Waals surface area contributed by atoms with Crippen LogP contribution in [0.5, 0.6) is 0 Å². The van der Waals surface area contributed by atoms with Gasteiger partial charge in [-0.05, 0) is 27.2 Å². The van der Waals surface area contributed by atoms with E-state index in [9.17, 15) is 14.7 Å². The minimum Gasteiger partial charge on any atom is -0.444 e. The van der Waals surface area contributed by atoms with Gasteiger partial charge < -0.3 is 24.6 Å². The highest BCUT2D eigenvalue weighted by molar-refractivity contribution is 5.93. The summed E-state index contributed by atoms with van der Waals surface area (Å²) < 4.78 is 10.3. The van der Waals surface area contributed by atoms with Crippen molar-refractivity contribution in [1.82, 2.24) is 15.4 Å². The lowest BCUT2D eigenvalue weighted by Gasteiger charge is -2.48. The summed E-state index contributed by atoms with van der Waals surface area (Å²) in [6.07, 6.45) is 1.13. The minimum atomic E-state index is -0.877. The number of hydrogen-bond acceptors (Lipinski definition) is 6. The Morgan fingerprint density at radius 1 is 1.46 bits per heavy atom. The van der Waals surface area contributed by atoms with Crippen molar-refractivity contribution in [1.29, 1.82) is 0 Å². The summed E-state index contributed by atoms with van der Waals surface area (Å²) in [7, 11) is 0. The van der Waals surface area contributed by atoms with E-state index in [0.29, 0.717) is 12.2 Å². The summed E-state index contributed by atoms with van der Waals surface area (Å²) >= 11 is 0. The number of nitrogens with one attached hydrogen (secondary N) is 1. The number of carbonyl (C=O) groups excluding carboxylic acids is 2. The molecule has 24 heavy (non-hydrogen) atoms. The molecule has 1 aliphatic heterocycles. The van der Waals surface area contributed by atoms with E-state index < -0.39 is 23.1 Å². The zero-order valence-corrected chi connectivity index (χ0v) is 14.6. The van der Waals surface area contributed by atoms with Crippen molar-refractivity contribution < 1.29 is 24.0 Å². The predicted molar refractivity (Wildman–Crippen MR) is 85.6 cm³/mol. The van der Waals surface area contributed by atoms with Gasteiger partial charge in [0.05, 0.1) is 25.2 Å². The fraction of sp³-hybridized carbons (Fsp3) is 0.688. The molecule has 1 aromatic heterocycles. The molecule has 0 bridgehead atoms. The summed E-state index contributed by atoms with van der Waals surface area (Å²) in [5.74, 6) is 0.212. The smallest absolute Gasteiger partial charge is 0.410 e. The van der Waals surface area contributed by atoms with Crippen LogP contribution in [0.3, 0.4) is 0 Å². The van der Waals surface area contributed by atoms with Gasteiger partial charge in [0.25, 0.3) is 5.91 Å². The molecule has 2 rings (SSSR count). The number of aliphatic hydroxyl groups is 1. The highest BCUT2D eigenvalue weighted by Gasteiger charge is 2.47. The summed E-state index contributed by atoms with van der Waals surface area (Å²) in [4.78, 5) is 25.7. The molecule has 2 N–H and O–H groups in total. The van der Waals surface area contributed by atoms with Crippen LogP contribution in [0.15, 0.2) is 10.6 Å². The molecule has 2 amide bonds. The third-order valence-corrected chi connectivity index (χ3v) is 3.61. The van der Waals surface area contributed by atoms with E-state index in [1.807, 2.05) is 6.92 Å². The molecule has 0 aliphatic carbocycles. The highest BCUT2D eigenvalue weighted by atomic mass is 16.6. The Kier molecular flexibility index (Phi) is 5.17. The molecule has 8 nitrogen and oxygen atoms in total. The molecule has 0 saturated carbocycles. The van der Waals surface area contributed by atoms with Crippen molar-refractivity contribution in [3.05, 3.63) is 17.5 Å².